The first kappa shape index (κ1) is 26.5. The Labute approximate surface area is 191 Å². The number of ether oxygens (including phenoxy) is 6. The van der Waals surface area contributed by atoms with E-state index < -0.39 is 66.1 Å². The van der Waals surface area contributed by atoms with Gasteiger partial charge in [0.2, 0.25) is 0 Å². The van der Waals surface area contributed by atoms with Crippen LogP contribution in [0.4, 0.5) is 0 Å². The summed E-state index contributed by atoms with van der Waals surface area (Å²) in [6.07, 6.45) is -1.61. The first-order valence-corrected chi connectivity index (χ1v) is 10.6. The first-order valence-electron chi connectivity index (χ1n) is 10.6. The molecule has 11 nitrogen and oxygen atoms in total. The fraction of sp³-hybridized carbons (Fsp3) is 0.682. The van der Waals surface area contributed by atoms with E-state index in [1.54, 1.807) is 13.0 Å². The molecule has 0 unspecified atom stereocenters. The van der Waals surface area contributed by atoms with Crippen LogP contribution in [0.3, 0.4) is 0 Å². The van der Waals surface area contributed by atoms with Gasteiger partial charge in [0, 0.05) is 27.7 Å². The summed E-state index contributed by atoms with van der Waals surface area (Å²) in [6.45, 7) is 5.96. The predicted octanol–water partition coefficient (Wildman–Crippen LogP) is 1.01. The second-order valence-corrected chi connectivity index (χ2v) is 8.21. The van der Waals surface area contributed by atoms with Crippen molar-refractivity contribution in [1.29, 1.82) is 0 Å². The molecule has 184 valence electrons. The molecule has 1 fully saturated rings. The average molecular weight is 470 g/mol. The minimum absolute atomic E-state index is 0.358. The minimum Gasteiger partial charge on any atom is -0.463 e. The zero-order valence-corrected chi connectivity index (χ0v) is 19.3. The van der Waals surface area contributed by atoms with Crippen molar-refractivity contribution < 1.29 is 52.4 Å². The van der Waals surface area contributed by atoms with Crippen molar-refractivity contribution in [2.24, 2.45) is 5.41 Å². The van der Waals surface area contributed by atoms with Crippen molar-refractivity contribution >= 4 is 30.2 Å². The quantitative estimate of drug-likeness (QED) is 0.217. The molecule has 0 saturated carbocycles. The highest BCUT2D eigenvalue weighted by molar-refractivity contribution is 5.68. The maximum Gasteiger partial charge on any atom is 0.303 e. The van der Waals surface area contributed by atoms with Gasteiger partial charge in [0.25, 0.3) is 0 Å². The molecular weight excluding hydrogens is 440 g/mol. The smallest absolute Gasteiger partial charge is 0.303 e. The van der Waals surface area contributed by atoms with Gasteiger partial charge in [0.15, 0.2) is 24.6 Å². The highest BCUT2D eigenvalue weighted by Gasteiger charge is 2.54. The molecule has 1 heterocycles. The summed E-state index contributed by atoms with van der Waals surface area (Å²) in [5.74, 6) is -2.81. The third kappa shape index (κ3) is 7.10. The van der Waals surface area contributed by atoms with Crippen LogP contribution < -0.4 is 0 Å². The van der Waals surface area contributed by atoms with E-state index in [2.05, 4.69) is 0 Å². The molecule has 0 amide bonds. The van der Waals surface area contributed by atoms with Crippen LogP contribution in [0.25, 0.3) is 0 Å². The minimum atomic E-state index is -1.34. The molecule has 0 N–H and O–H groups in total. The van der Waals surface area contributed by atoms with E-state index in [9.17, 15) is 24.0 Å². The summed E-state index contributed by atoms with van der Waals surface area (Å²) < 4.78 is 33.1. The van der Waals surface area contributed by atoms with Crippen molar-refractivity contribution in [3.63, 3.8) is 0 Å². The van der Waals surface area contributed by atoms with Gasteiger partial charge in [0.1, 0.15) is 19.0 Å². The lowest BCUT2D eigenvalue weighted by atomic mass is 9.78. The topological polar surface area (TPSA) is 141 Å². The monoisotopic (exact) mass is 470 g/mol. The summed E-state index contributed by atoms with van der Waals surface area (Å²) >= 11 is 0. The summed E-state index contributed by atoms with van der Waals surface area (Å²) in [4.78, 5) is 58.7. The molecule has 11 heteroatoms. The van der Waals surface area contributed by atoms with Crippen LogP contribution in [-0.2, 0) is 52.4 Å². The Balaban J connectivity index is 2.46. The molecule has 1 aliphatic carbocycles. The fourth-order valence-corrected chi connectivity index (χ4v) is 3.75. The molecule has 0 aromatic rings. The Bertz CT molecular complexity index is 791. The van der Waals surface area contributed by atoms with Gasteiger partial charge in [-0.2, -0.15) is 0 Å². The van der Waals surface area contributed by atoms with Crippen LogP contribution >= 0.6 is 0 Å². The first-order chi connectivity index (χ1) is 15.5. The largest absolute Gasteiger partial charge is 0.463 e. The zero-order chi connectivity index (χ0) is 24.8. The molecule has 33 heavy (non-hydrogen) atoms. The lowest BCUT2D eigenvalue weighted by Gasteiger charge is -2.46. The second kappa shape index (κ2) is 11.4. The Morgan fingerprint density at radius 3 is 2.06 bits per heavy atom. The van der Waals surface area contributed by atoms with E-state index in [1.165, 1.54) is 6.92 Å². The molecule has 7 atom stereocenters. The molecule has 0 bridgehead atoms. The van der Waals surface area contributed by atoms with Crippen molar-refractivity contribution in [3.8, 4) is 0 Å². The molecule has 0 radical (unpaired) electrons. The Kier molecular flexibility index (Phi) is 9.12. The second-order valence-electron chi connectivity index (χ2n) is 8.21. The number of rotatable bonds is 8. The van der Waals surface area contributed by atoms with E-state index in [4.69, 9.17) is 28.4 Å². The van der Waals surface area contributed by atoms with E-state index in [1.807, 2.05) is 6.08 Å². The molecule has 0 aromatic carbocycles. The summed E-state index contributed by atoms with van der Waals surface area (Å²) in [7, 11) is 0. The van der Waals surface area contributed by atoms with Gasteiger partial charge >= 0.3 is 23.9 Å². The van der Waals surface area contributed by atoms with Crippen LogP contribution in [0.2, 0.25) is 0 Å². The number of carbonyl (C=O) groups is 5. The van der Waals surface area contributed by atoms with Crippen LogP contribution in [0.5, 0.6) is 0 Å². The third-order valence-corrected chi connectivity index (χ3v) is 5.31. The van der Waals surface area contributed by atoms with Crippen LogP contribution in [0, 0.1) is 5.41 Å². The number of esters is 4. The van der Waals surface area contributed by atoms with Crippen molar-refractivity contribution in [3.05, 3.63) is 12.2 Å². The molecule has 1 saturated heterocycles. The molecule has 1 aliphatic heterocycles. The van der Waals surface area contributed by atoms with Gasteiger partial charge in [-0.1, -0.05) is 19.1 Å². The predicted molar refractivity (Wildman–Crippen MR) is 109 cm³/mol. The van der Waals surface area contributed by atoms with Crippen molar-refractivity contribution in [2.45, 2.75) is 84.3 Å². The summed E-state index contributed by atoms with van der Waals surface area (Å²) in [6, 6.07) is 0. The fourth-order valence-electron chi connectivity index (χ4n) is 3.75. The molecule has 0 aromatic heterocycles. The van der Waals surface area contributed by atoms with E-state index in [0.29, 0.717) is 12.8 Å². The molecule has 0 spiro atoms. The van der Waals surface area contributed by atoms with Crippen molar-refractivity contribution in [2.75, 3.05) is 6.61 Å². The standard InChI is InChI=1S/C22H30O11/c1-12(24)28-10-16-18(29-13(2)25)19(30-14(3)26)20(31-15(4)27)21(32-16)33-17-8-6-7-9-22(17,5)11-23/h6,8,11,16-21H,7,9-10H2,1-5H3/t16-,17+,18-,19+,20-,21+,22+/m1/s1. The van der Waals surface area contributed by atoms with Crippen molar-refractivity contribution in [1.82, 2.24) is 0 Å². The number of aldehydes is 1. The number of allylic oxidation sites excluding steroid dienone is 1. The van der Waals surface area contributed by atoms with Gasteiger partial charge in [-0.15, -0.1) is 0 Å². The highest BCUT2D eigenvalue weighted by atomic mass is 16.7. The van der Waals surface area contributed by atoms with Gasteiger partial charge in [-0.3, -0.25) is 19.2 Å². The Hall–Kier alpha value is -2.79. The SMILES string of the molecule is CC(=O)OC[C@H]1O[C@@H](O[C@H]2C=CCC[C@@]2(C)C=O)[C@H](OC(C)=O)[C@@H](OC(C)=O)[C@@H]1OC(C)=O. The molecule has 2 rings (SSSR count). The lowest BCUT2D eigenvalue weighted by Crippen LogP contribution is -2.63. The molecular formula is C22H30O11. The Morgan fingerprint density at radius 1 is 0.939 bits per heavy atom. The van der Waals surface area contributed by atoms with Crippen LogP contribution in [0.1, 0.15) is 47.5 Å². The van der Waals surface area contributed by atoms with E-state index in [0.717, 1.165) is 27.1 Å². The number of hydrogen-bond donors (Lipinski definition) is 0. The third-order valence-electron chi connectivity index (χ3n) is 5.31. The lowest BCUT2D eigenvalue weighted by molar-refractivity contribution is -0.318. The summed E-state index contributed by atoms with van der Waals surface area (Å²) in [5.41, 5.74) is -0.881. The van der Waals surface area contributed by atoms with Gasteiger partial charge in [-0.05, 0) is 12.8 Å². The molecule has 2 aliphatic rings. The van der Waals surface area contributed by atoms with Gasteiger partial charge in [0.05, 0.1) is 11.5 Å². The van der Waals surface area contributed by atoms with Gasteiger partial charge in [-0.25, -0.2) is 0 Å². The number of hydrogen-bond acceptors (Lipinski definition) is 11. The van der Waals surface area contributed by atoms with E-state index >= 15 is 0 Å². The van der Waals surface area contributed by atoms with Crippen LogP contribution in [0.15, 0.2) is 12.2 Å². The van der Waals surface area contributed by atoms with Crippen LogP contribution in [-0.4, -0.2) is 73.6 Å². The van der Waals surface area contributed by atoms with Gasteiger partial charge < -0.3 is 33.2 Å². The average Bonchev–Trinajstić information content (AvgIpc) is 2.71. The zero-order valence-electron chi connectivity index (χ0n) is 19.3. The van der Waals surface area contributed by atoms with E-state index in [-0.39, 0.29) is 6.61 Å². The summed E-state index contributed by atoms with van der Waals surface area (Å²) in [5, 5.41) is 0. The highest BCUT2D eigenvalue weighted by Crippen LogP contribution is 2.37. The normalized spacial score (nSPS) is 33.5. The maximum atomic E-state index is 11.9. The number of carbonyl (C=O) groups excluding carboxylic acids is 5. The maximum absolute atomic E-state index is 11.9. The Morgan fingerprint density at radius 2 is 1.52 bits per heavy atom.